The van der Waals surface area contributed by atoms with Gasteiger partial charge in [-0.2, -0.15) is 8.42 Å². The van der Waals surface area contributed by atoms with E-state index >= 15 is 0 Å². The van der Waals surface area contributed by atoms with Crippen LogP contribution < -0.4 is 257 Å². The number of hydrogen-bond donors (Lipinski definition) is 2. The summed E-state index contributed by atoms with van der Waals surface area (Å²) in [6.45, 7) is 0. The van der Waals surface area contributed by atoms with Crippen LogP contribution in [0.15, 0.2) is 0 Å². The summed E-state index contributed by atoms with van der Waals surface area (Å²) in [5.41, 5.74) is 0. The fourth-order valence-corrected chi connectivity index (χ4v) is 0. The second kappa shape index (κ2) is 22.3. The molecule has 0 atom stereocenters. The molecule has 0 rings (SSSR count). The van der Waals surface area contributed by atoms with Crippen LogP contribution in [0.2, 0.25) is 0 Å². The van der Waals surface area contributed by atoms with Crippen LogP contribution in [0.1, 0.15) is 7.13 Å². The first-order chi connectivity index (χ1) is 2.00. The Balaban J connectivity index is -0.00000000178. The fourth-order valence-electron chi connectivity index (χ4n) is 0. The average Bonchev–Trinajstić information content (AvgIpc) is 0.722. The van der Waals surface area contributed by atoms with E-state index in [1.807, 2.05) is 0 Å². The van der Waals surface area contributed by atoms with Gasteiger partial charge in [0, 0.05) is 0 Å². The standard InChI is InChI=1S/5K.H2O4S.5H/c;;;;;1-5(2,3)4;;;;;/h;;;;;(H2,1,2,3,4);;;;;/q5*+1;;5*-1. The summed E-state index contributed by atoms with van der Waals surface area (Å²) in [5, 5.41) is 0. The Morgan fingerprint density at radius 3 is 0.800 bits per heavy atom. The van der Waals surface area contributed by atoms with Crippen molar-refractivity contribution in [1.29, 1.82) is 0 Å². The summed E-state index contributed by atoms with van der Waals surface area (Å²) < 4.78 is 31.6. The smallest absolute Gasteiger partial charge is 1.00 e. The maximum atomic E-state index is 8.74. The van der Waals surface area contributed by atoms with Crippen molar-refractivity contribution in [2.24, 2.45) is 0 Å². The average molecular weight is 299 g/mol. The van der Waals surface area contributed by atoms with Gasteiger partial charge in [0.2, 0.25) is 0 Å². The second-order valence-electron chi connectivity index (χ2n) is 0.448. The molecule has 10 heavy (non-hydrogen) atoms. The Labute approximate surface area is 281 Å². The van der Waals surface area contributed by atoms with E-state index in [0.717, 1.165) is 0 Å². The number of hydrogen-bond acceptors (Lipinski definition) is 2. The van der Waals surface area contributed by atoms with Crippen LogP contribution in [0.5, 0.6) is 0 Å². The summed E-state index contributed by atoms with van der Waals surface area (Å²) in [6.07, 6.45) is 0. The molecule has 0 spiro atoms. The van der Waals surface area contributed by atoms with E-state index in [4.69, 9.17) is 17.5 Å². The van der Waals surface area contributed by atoms with E-state index in [0.29, 0.717) is 0 Å². The molecule has 0 bridgehead atoms. The Bertz CT molecular complexity index is 111. The zero-order valence-corrected chi connectivity index (χ0v) is 23.6. The van der Waals surface area contributed by atoms with Gasteiger partial charge < -0.3 is 7.13 Å². The monoisotopic (exact) mass is 298 g/mol. The maximum Gasteiger partial charge on any atom is 1.00 e. The minimum atomic E-state index is -4.67. The van der Waals surface area contributed by atoms with Crippen molar-refractivity contribution in [3.63, 3.8) is 0 Å². The molecule has 0 aromatic carbocycles. The van der Waals surface area contributed by atoms with Gasteiger partial charge in [-0.15, -0.1) is 0 Å². The predicted octanol–water partition coefficient (Wildman–Crippen LogP) is -15.1. The molecule has 4 nitrogen and oxygen atoms in total. The molecule has 0 aliphatic rings. The van der Waals surface area contributed by atoms with Crippen molar-refractivity contribution in [3.05, 3.63) is 0 Å². The SMILES string of the molecule is O=S(=O)(O)O.[H-].[H-].[H-].[H-].[H-].[K+].[K+].[K+].[K+].[K+]. The summed E-state index contributed by atoms with van der Waals surface area (Å²) in [4.78, 5) is 0. The first-order valence-corrected chi connectivity index (χ1v) is 2.10. The van der Waals surface area contributed by atoms with Gasteiger partial charge in [-0.25, -0.2) is 0 Å². The molecule has 0 saturated heterocycles. The van der Waals surface area contributed by atoms with Crippen molar-refractivity contribution in [3.8, 4) is 0 Å². The molecule has 0 aliphatic heterocycles. The van der Waals surface area contributed by atoms with Crippen molar-refractivity contribution in [2.45, 2.75) is 0 Å². The third-order valence-corrected chi connectivity index (χ3v) is 0. The normalized spacial score (nSPS) is 5.80. The molecule has 0 saturated carbocycles. The molecule has 10 heteroatoms. The van der Waals surface area contributed by atoms with Crippen LogP contribution in [0.3, 0.4) is 0 Å². The summed E-state index contributed by atoms with van der Waals surface area (Å²) >= 11 is 0. The zero-order valence-electron chi connectivity index (χ0n) is 12.1. The van der Waals surface area contributed by atoms with E-state index < -0.39 is 10.4 Å². The van der Waals surface area contributed by atoms with Gasteiger partial charge in [0.05, 0.1) is 0 Å². The van der Waals surface area contributed by atoms with Gasteiger partial charge in [0.1, 0.15) is 0 Å². The summed E-state index contributed by atoms with van der Waals surface area (Å²) in [7, 11) is -4.67. The van der Waals surface area contributed by atoms with Crippen molar-refractivity contribution in [1.82, 2.24) is 0 Å². The molecule has 0 aromatic heterocycles. The first kappa shape index (κ1) is 36.1. The molecule has 0 heterocycles. The Morgan fingerprint density at radius 2 is 0.800 bits per heavy atom. The second-order valence-corrected chi connectivity index (χ2v) is 1.34. The van der Waals surface area contributed by atoms with E-state index in [-0.39, 0.29) is 264 Å². The number of rotatable bonds is 0. The topological polar surface area (TPSA) is 74.6 Å². The van der Waals surface area contributed by atoms with Crippen molar-refractivity contribution < 1.29 is 282 Å². The van der Waals surface area contributed by atoms with Gasteiger partial charge in [-0.1, -0.05) is 0 Å². The van der Waals surface area contributed by atoms with Gasteiger partial charge >= 0.3 is 267 Å². The summed E-state index contributed by atoms with van der Waals surface area (Å²) in [5.74, 6) is 0. The predicted molar refractivity (Wildman–Crippen MR) is 19.7 cm³/mol. The molecule has 0 amide bonds. The largest absolute Gasteiger partial charge is 1.00 e. The molecule has 0 radical (unpaired) electrons. The van der Waals surface area contributed by atoms with Crippen LogP contribution >= 0.6 is 0 Å². The van der Waals surface area contributed by atoms with E-state index in [9.17, 15) is 0 Å². The maximum absolute atomic E-state index is 8.74. The van der Waals surface area contributed by atoms with Crippen molar-refractivity contribution >= 4 is 10.4 Å². The molecule has 0 aromatic rings. The van der Waals surface area contributed by atoms with Gasteiger partial charge in [0.25, 0.3) is 0 Å². The third-order valence-electron chi connectivity index (χ3n) is 0. The summed E-state index contributed by atoms with van der Waals surface area (Å²) in [6, 6.07) is 0. The molecule has 0 unspecified atom stereocenters. The van der Waals surface area contributed by atoms with E-state index in [1.54, 1.807) is 0 Å². The van der Waals surface area contributed by atoms with E-state index in [1.165, 1.54) is 0 Å². The molecule has 0 fully saturated rings. The fraction of sp³-hybridized carbons (Fsp3) is 0. The van der Waals surface area contributed by atoms with Gasteiger partial charge in [-0.05, 0) is 0 Å². The first-order valence-electron chi connectivity index (χ1n) is 0.698. The quantitative estimate of drug-likeness (QED) is 0.344. The minimum Gasteiger partial charge on any atom is -1.00 e. The van der Waals surface area contributed by atoms with Gasteiger partial charge in [0.15, 0.2) is 0 Å². The van der Waals surface area contributed by atoms with Crippen LogP contribution in [0.4, 0.5) is 0 Å². The Kier molecular flexibility index (Phi) is 80.4. The molecular formula is H7K5O4S. The van der Waals surface area contributed by atoms with Crippen LogP contribution in [-0.4, -0.2) is 17.5 Å². The molecule has 42 valence electrons. The molecule has 2 N–H and O–H groups in total. The molecular weight excluding hydrogens is 292 g/mol. The van der Waals surface area contributed by atoms with E-state index in [2.05, 4.69) is 0 Å². The Hall–Kier alpha value is 8.05. The van der Waals surface area contributed by atoms with Crippen molar-refractivity contribution in [2.75, 3.05) is 0 Å². The molecule has 0 aliphatic carbocycles. The Morgan fingerprint density at radius 1 is 0.800 bits per heavy atom. The van der Waals surface area contributed by atoms with Crippen LogP contribution in [0, 0.1) is 0 Å². The van der Waals surface area contributed by atoms with Crippen LogP contribution in [0.25, 0.3) is 0 Å². The van der Waals surface area contributed by atoms with Gasteiger partial charge in [-0.3, -0.25) is 9.11 Å². The third kappa shape index (κ3) is 56.1. The zero-order chi connectivity index (χ0) is 4.50. The minimum absolute atomic E-state index is 0. The van der Waals surface area contributed by atoms with Crippen LogP contribution in [-0.2, 0) is 10.4 Å².